The molecule has 2 unspecified atom stereocenters. The molecule has 1 aliphatic rings. The van der Waals surface area contributed by atoms with Crippen LogP contribution < -0.4 is 5.73 Å². The highest BCUT2D eigenvalue weighted by Crippen LogP contribution is 2.26. The first-order valence-corrected chi connectivity index (χ1v) is 7.88. The Balaban J connectivity index is 2.28. The lowest BCUT2D eigenvalue weighted by atomic mass is 9.97. The summed E-state index contributed by atoms with van der Waals surface area (Å²) in [5.41, 5.74) is 5.27. The van der Waals surface area contributed by atoms with E-state index in [-0.39, 0.29) is 16.7 Å². The average molecular weight is 302 g/mol. The van der Waals surface area contributed by atoms with E-state index in [9.17, 15) is 12.8 Å². The quantitative estimate of drug-likeness (QED) is 0.858. The minimum Gasteiger partial charge on any atom is -0.396 e. The lowest BCUT2D eigenvalue weighted by molar-refractivity contribution is 0.0184. The van der Waals surface area contributed by atoms with Gasteiger partial charge in [-0.15, -0.1) is 0 Å². The summed E-state index contributed by atoms with van der Waals surface area (Å²) in [7, 11) is -2.08. The molecule has 5 nitrogen and oxygen atoms in total. The van der Waals surface area contributed by atoms with E-state index in [0.717, 1.165) is 18.6 Å². The standard InChI is InChI=1S/C13H19FN2O3S/c1-9-5-6-16(8-13(9)19-2)20(17,18)10-3-4-11(14)12(15)7-10/h3-4,7,9,13H,5-6,8,15H2,1-2H3. The molecule has 0 aliphatic carbocycles. The number of halogens is 1. The molecule has 1 fully saturated rings. The average Bonchev–Trinajstić information content (AvgIpc) is 2.42. The molecule has 1 aromatic carbocycles. The lowest BCUT2D eigenvalue weighted by Crippen LogP contribution is -2.46. The molecule has 1 saturated heterocycles. The van der Waals surface area contributed by atoms with Crippen molar-refractivity contribution in [1.82, 2.24) is 4.31 Å². The zero-order valence-corrected chi connectivity index (χ0v) is 12.4. The summed E-state index contributed by atoms with van der Waals surface area (Å²) < 4.78 is 44.9. The van der Waals surface area contributed by atoms with E-state index in [0.29, 0.717) is 19.0 Å². The molecule has 0 spiro atoms. The SMILES string of the molecule is COC1CN(S(=O)(=O)c2ccc(F)c(N)c2)CCC1C. The number of ether oxygens (including phenoxy) is 1. The highest BCUT2D eigenvalue weighted by atomic mass is 32.2. The van der Waals surface area contributed by atoms with E-state index in [1.54, 1.807) is 7.11 Å². The van der Waals surface area contributed by atoms with Gasteiger partial charge < -0.3 is 10.5 Å². The van der Waals surface area contributed by atoms with Crippen LogP contribution in [0, 0.1) is 11.7 Å². The number of rotatable bonds is 3. The monoisotopic (exact) mass is 302 g/mol. The molecule has 2 atom stereocenters. The molecule has 2 N–H and O–H groups in total. The van der Waals surface area contributed by atoms with Crippen molar-refractivity contribution < 1.29 is 17.5 Å². The van der Waals surface area contributed by atoms with Crippen molar-refractivity contribution in [3.05, 3.63) is 24.0 Å². The van der Waals surface area contributed by atoms with Gasteiger partial charge >= 0.3 is 0 Å². The van der Waals surface area contributed by atoms with E-state index in [2.05, 4.69) is 0 Å². The molecule has 1 heterocycles. The molecular formula is C13H19FN2O3S. The third-order valence-electron chi connectivity index (χ3n) is 3.76. The number of anilines is 1. The summed E-state index contributed by atoms with van der Waals surface area (Å²) in [4.78, 5) is 0.0146. The van der Waals surface area contributed by atoms with Gasteiger partial charge in [0.05, 0.1) is 16.7 Å². The van der Waals surface area contributed by atoms with Gasteiger partial charge in [-0.3, -0.25) is 0 Å². The van der Waals surface area contributed by atoms with Crippen LogP contribution in [0.3, 0.4) is 0 Å². The third-order valence-corrected chi connectivity index (χ3v) is 5.62. The number of methoxy groups -OCH3 is 1. The van der Waals surface area contributed by atoms with Crippen molar-refractivity contribution in [3.8, 4) is 0 Å². The molecule has 1 aliphatic heterocycles. The van der Waals surface area contributed by atoms with Crippen molar-refractivity contribution in [1.29, 1.82) is 0 Å². The predicted molar refractivity (Wildman–Crippen MR) is 74.1 cm³/mol. The van der Waals surface area contributed by atoms with Gasteiger partial charge in [0.25, 0.3) is 0 Å². The fraction of sp³-hybridized carbons (Fsp3) is 0.538. The van der Waals surface area contributed by atoms with Crippen molar-refractivity contribution in [3.63, 3.8) is 0 Å². The second kappa shape index (κ2) is 5.67. The van der Waals surface area contributed by atoms with E-state index in [4.69, 9.17) is 10.5 Å². The predicted octanol–water partition coefficient (Wildman–Crippen LogP) is 1.45. The number of benzene rings is 1. The molecule has 20 heavy (non-hydrogen) atoms. The third kappa shape index (κ3) is 2.79. The van der Waals surface area contributed by atoms with Gasteiger partial charge in [0.15, 0.2) is 0 Å². The van der Waals surface area contributed by atoms with Crippen molar-refractivity contribution >= 4 is 15.7 Å². The van der Waals surface area contributed by atoms with E-state index >= 15 is 0 Å². The molecular weight excluding hydrogens is 283 g/mol. The fourth-order valence-corrected chi connectivity index (χ4v) is 3.86. The molecule has 2 rings (SSSR count). The van der Waals surface area contributed by atoms with Crippen LogP contribution in [0.25, 0.3) is 0 Å². The Hall–Kier alpha value is -1.18. The van der Waals surface area contributed by atoms with Gasteiger partial charge in [0, 0.05) is 20.2 Å². The fourth-order valence-electron chi connectivity index (χ4n) is 2.36. The van der Waals surface area contributed by atoms with E-state index in [1.165, 1.54) is 10.4 Å². The number of piperidine rings is 1. The van der Waals surface area contributed by atoms with Crippen LogP contribution in [-0.4, -0.2) is 39.0 Å². The molecule has 7 heteroatoms. The molecule has 0 aromatic heterocycles. The Bertz CT molecular complexity index is 591. The van der Waals surface area contributed by atoms with Gasteiger partial charge in [-0.1, -0.05) is 6.92 Å². The molecule has 112 valence electrons. The first-order valence-electron chi connectivity index (χ1n) is 6.44. The number of hydrogen-bond donors (Lipinski definition) is 1. The summed E-state index contributed by atoms with van der Waals surface area (Å²) in [6.07, 6.45) is 0.602. The first-order chi connectivity index (χ1) is 9.36. The van der Waals surface area contributed by atoms with Crippen LogP contribution in [0.2, 0.25) is 0 Å². The van der Waals surface area contributed by atoms with Gasteiger partial charge in [-0.2, -0.15) is 4.31 Å². The Morgan fingerprint density at radius 2 is 2.15 bits per heavy atom. The van der Waals surface area contributed by atoms with Gasteiger partial charge in [0.1, 0.15) is 5.82 Å². The normalized spacial score (nSPS) is 24.8. The van der Waals surface area contributed by atoms with E-state index in [1.807, 2.05) is 6.92 Å². The second-order valence-corrected chi connectivity index (χ2v) is 7.02. The summed E-state index contributed by atoms with van der Waals surface area (Å²) in [5.74, 6) is -0.310. The van der Waals surface area contributed by atoms with Crippen LogP contribution in [0.15, 0.2) is 23.1 Å². The Labute approximate surface area is 118 Å². The van der Waals surface area contributed by atoms with Crippen LogP contribution >= 0.6 is 0 Å². The second-order valence-electron chi connectivity index (χ2n) is 5.09. The topological polar surface area (TPSA) is 72.6 Å². The molecule has 0 amide bonds. The van der Waals surface area contributed by atoms with Crippen LogP contribution in [-0.2, 0) is 14.8 Å². The summed E-state index contributed by atoms with van der Waals surface area (Å²) >= 11 is 0. The van der Waals surface area contributed by atoms with Gasteiger partial charge in [-0.25, -0.2) is 12.8 Å². The number of nitrogens with two attached hydrogens (primary N) is 1. The van der Waals surface area contributed by atoms with Crippen molar-refractivity contribution in [2.45, 2.75) is 24.3 Å². The maximum atomic E-state index is 13.1. The van der Waals surface area contributed by atoms with Crippen LogP contribution in [0.1, 0.15) is 13.3 Å². The number of nitrogen functional groups attached to an aromatic ring is 1. The highest BCUT2D eigenvalue weighted by Gasteiger charge is 2.33. The van der Waals surface area contributed by atoms with Crippen LogP contribution in [0.5, 0.6) is 0 Å². The Morgan fingerprint density at radius 1 is 1.45 bits per heavy atom. The molecule has 0 bridgehead atoms. The molecule has 0 radical (unpaired) electrons. The molecule has 1 aromatic rings. The van der Waals surface area contributed by atoms with Crippen molar-refractivity contribution in [2.24, 2.45) is 5.92 Å². The minimum atomic E-state index is -3.66. The van der Waals surface area contributed by atoms with Gasteiger partial charge in [-0.05, 0) is 30.5 Å². The minimum absolute atomic E-state index is 0.0146. The highest BCUT2D eigenvalue weighted by molar-refractivity contribution is 7.89. The number of sulfonamides is 1. The Morgan fingerprint density at radius 3 is 2.75 bits per heavy atom. The van der Waals surface area contributed by atoms with Gasteiger partial charge in [0.2, 0.25) is 10.0 Å². The molecule has 0 saturated carbocycles. The summed E-state index contributed by atoms with van der Waals surface area (Å²) in [6, 6.07) is 3.47. The summed E-state index contributed by atoms with van der Waals surface area (Å²) in [5, 5.41) is 0. The van der Waals surface area contributed by atoms with Crippen LogP contribution in [0.4, 0.5) is 10.1 Å². The maximum Gasteiger partial charge on any atom is 0.243 e. The summed E-state index contributed by atoms with van der Waals surface area (Å²) in [6.45, 7) is 2.77. The largest absolute Gasteiger partial charge is 0.396 e. The lowest BCUT2D eigenvalue weighted by Gasteiger charge is -2.35. The number of nitrogens with zero attached hydrogens (tertiary/aromatic N) is 1. The number of hydrogen-bond acceptors (Lipinski definition) is 4. The zero-order chi connectivity index (χ0) is 14.9. The Kier molecular flexibility index (Phi) is 4.31. The zero-order valence-electron chi connectivity index (χ0n) is 11.5. The first kappa shape index (κ1) is 15.2. The van der Waals surface area contributed by atoms with Crippen molar-refractivity contribution in [2.75, 3.05) is 25.9 Å². The van der Waals surface area contributed by atoms with E-state index < -0.39 is 15.8 Å². The smallest absolute Gasteiger partial charge is 0.243 e. The maximum absolute atomic E-state index is 13.1.